The summed E-state index contributed by atoms with van der Waals surface area (Å²) in [7, 11) is 2.01. The van der Waals surface area contributed by atoms with E-state index in [1.807, 2.05) is 73.9 Å². The summed E-state index contributed by atoms with van der Waals surface area (Å²) in [5.41, 5.74) is 5.10. The Hall–Kier alpha value is -2.66. The summed E-state index contributed by atoms with van der Waals surface area (Å²) in [6.07, 6.45) is 1.86. The van der Waals surface area contributed by atoms with E-state index in [9.17, 15) is 0 Å². The first-order chi connectivity index (χ1) is 12.6. The van der Waals surface area contributed by atoms with Crippen molar-refractivity contribution >= 4 is 23.4 Å². The number of hydrogen-bond acceptors (Lipinski definition) is 4. The third-order valence-corrected chi connectivity index (χ3v) is 4.85. The maximum atomic E-state index is 6.04. The monoisotopic (exact) mass is 365 g/mol. The first-order valence-electron chi connectivity index (χ1n) is 8.61. The fourth-order valence-corrected chi connectivity index (χ4v) is 3.10. The van der Waals surface area contributed by atoms with Gasteiger partial charge >= 0.3 is 0 Å². The molecule has 3 rings (SSSR count). The standard InChI is InChI=1S/C21H23N3OS/c1-5-24(4)14-22-18-11-16(3)20(12-15(18)2)25-21-23-19(13-26-21)17-9-7-6-8-10-17/h6-14H,5H2,1-4H3. The van der Waals surface area contributed by atoms with E-state index in [2.05, 4.69) is 23.0 Å². The molecule has 0 amide bonds. The second kappa shape index (κ2) is 8.15. The van der Waals surface area contributed by atoms with Crippen LogP contribution in [0.3, 0.4) is 0 Å². The number of aromatic nitrogens is 1. The van der Waals surface area contributed by atoms with Crippen LogP contribution >= 0.6 is 11.3 Å². The van der Waals surface area contributed by atoms with Gasteiger partial charge in [0.1, 0.15) is 5.75 Å². The highest BCUT2D eigenvalue weighted by Crippen LogP contribution is 2.34. The molecule has 0 radical (unpaired) electrons. The summed E-state index contributed by atoms with van der Waals surface area (Å²) in [4.78, 5) is 11.2. The molecule has 0 bridgehead atoms. The summed E-state index contributed by atoms with van der Waals surface area (Å²) in [6, 6.07) is 14.2. The SMILES string of the molecule is CCN(C)C=Nc1cc(C)c(Oc2nc(-c3ccccc3)cs2)cc1C. The van der Waals surface area contributed by atoms with Crippen molar-refractivity contribution in [2.45, 2.75) is 20.8 Å². The molecule has 1 aromatic heterocycles. The van der Waals surface area contributed by atoms with Gasteiger partial charge in [-0.3, -0.25) is 0 Å². The van der Waals surface area contributed by atoms with Crippen molar-refractivity contribution in [1.82, 2.24) is 9.88 Å². The minimum atomic E-state index is 0.647. The molecule has 2 aromatic carbocycles. The number of aliphatic imine (C=N–C) groups is 1. The fourth-order valence-electron chi connectivity index (χ4n) is 2.41. The Morgan fingerprint density at radius 3 is 2.65 bits per heavy atom. The molecule has 5 heteroatoms. The maximum absolute atomic E-state index is 6.04. The van der Waals surface area contributed by atoms with Crippen LogP contribution in [0.15, 0.2) is 52.8 Å². The molecule has 0 spiro atoms. The summed E-state index contributed by atoms with van der Waals surface area (Å²) in [5, 5.41) is 2.67. The normalized spacial score (nSPS) is 11.1. The third kappa shape index (κ3) is 4.29. The molecule has 0 atom stereocenters. The molecule has 1 heterocycles. The van der Waals surface area contributed by atoms with Crippen LogP contribution in [0.2, 0.25) is 0 Å². The number of aryl methyl sites for hydroxylation is 2. The lowest BCUT2D eigenvalue weighted by atomic mass is 10.1. The quantitative estimate of drug-likeness (QED) is 0.407. The van der Waals surface area contributed by atoms with E-state index in [1.165, 1.54) is 11.3 Å². The largest absolute Gasteiger partial charge is 0.431 e. The number of hydrogen-bond donors (Lipinski definition) is 0. The van der Waals surface area contributed by atoms with Crippen LogP contribution in [-0.4, -0.2) is 29.8 Å². The van der Waals surface area contributed by atoms with Crippen molar-refractivity contribution in [2.24, 2.45) is 4.99 Å². The highest BCUT2D eigenvalue weighted by Gasteiger charge is 2.10. The zero-order valence-electron chi connectivity index (χ0n) is 15.6. The first kappa shape index (κ1) is 18.1. The van der Waals surface area contributed by atoms with Crippen LogP contribution in [0.25, 0.3) is 11.3 Å². The van der Waals surface area contributed by atoms with E-state index in [4.69, 9.17) is 4.74 Å². The third-order valence-electron chi connectivity index (χ3n) is 4.14. The van der Waals surface area contributed by atoms with Crippen LogP contribution in [0, 0.1) is 13.8 Å². The molecule has 4 nitrogen and oxygen atoms in total. The Morgan fingerprint density at radius 2 is 1.92 bits per heavy atom. The van der Waals surface area contributed by atoms with Gasteiger partial charge < -0.3 is 9.64 Å². The van der Waals surface area contributed by atoms with Gasteiger partial charge in [-0.2, -0.15) is 0 Å². The van der Waals surface area contributed by atoms with Crippen molar-refractivity contribution in [3.63, 3.8) is 0 Å². The van der Waals surface area contributed by atoms with Crippen molar-refractivity contribution < 1.29 is 4.74 Å². The molecule has 0 aliphatic rings. The molecule has 0 N–H and O–H groups in total. The van der Waals surface area contributed by atoms with Gasteiger partial charge in [-0.15, -0.1) is 0 Å². The second-order valence-electron chi connectivity index (χ2n) is 6.19. The molecule has 3 aromatic rings. The van der Waals surface area contributed by atoms with Gasteiger partial charge in [0.05, 0.1) is 17.7 Å². The van der Waals surface area contributed by atoms with Gasteiger partial charge in [0.15, 0.2) is 0 Å². The van der Waals surface area contributed by atoms with E-state index < -0.39 is 0 Å². The Balaban J connectivity index is 1.79. The average Bonchev–Trinajstić information content (AvgIpc) is 3.12. The highest BCUT2D eigenvalue weighted by atomic mass is 32.1. The zero-order valence-corrected chi connectivity index (χ0v) is 16.4. The Labute approximate surface area is 158 Å². The van der Waals surface area contributed by atoms with Crippen LogP contribution in [-0.2, 0) is 0 Å². The van der Waals surface area contributed by atoms with E-state index >= 15 is 0 Å². The van der Waals surface area contributed by atoms with Gasteiger partial charge in [-0.25, -0.2) is 9.98 Å². The van der Waals surface area contributed by atoms with Gasteiger partial charge in [0.2, 0.25) is 0 Å². The fraction of sp³-hybridized carbons (Fsp3) is 0.238. The molecule has 0 aliphatic heterocycles. The molecule has 0 aliphatic carbocycles. The van der Waals surface area contributed by atoms with Crippen molar-refractivity contribution in [3.05, 3.63) is 59.0 Å². The van der Waals surface area contributed by atoms with Gasteiger partial charge in [-0.1, -0.05) is 41.7 Å². The van der Waals surface area contributed by atoms with E-state index in [0.717, 1.165) is 40.4 Å². The van der Waals surface area contributed by atoms with Crippen LogP contribution in [0.5, 0.6) is 10.9 Å². The van der Waals surface area contributed by atoms with Crippen molar-refractivity contribution in [3.8, 4) is 22.2 Å². The van der Waals surface area contributed by atoms with E-state index in [0.29, 0.717) is 5.19 Å². The Kier molecular flexibility index (Phi) is 5.68. The van der Waals surface area contributed by atoms with Crippen LogP contribution in [0.1, 0.15) is 18.1 Å². The Bertz CT molecular complexity index is 903. The summed E-state index contributed by atoms with van der Waals surface area (Å²) in [6.45, 7) is 7.10. The maximum Gasteiger partial charge on any atom is 0.279 e. The molecule has 26 heavy (non-hydrogen) atoms. The molecule has 0 saturated heterocycles. The number of rotatable bonds is 6. The number of ether oxygens (including phenoxy) is 1. The molecular weight excluding hydrogens is 342 g/mol. The van der Waals surface area contributed by atoms with E-state index in [-0.39, 0.29) is 0 Å². The summed E-state index contributed by atoms with van der Waals surface area (Å²) in [5.74, 6) is 0.819. The topological polar surface area (TPSA) is 37.7 Å². The number of nitrogens with zero attached hydrogens (tertiary/aromatic N) is 3. The summed E-state index contributed by atoms with van der Waals surface area (Å²) >= 11 is 1.51. The van der Waals surface area contributed by atoms with E-state index in [1.54, 1.807) is 0 Å². The molecular formula is C21H23N3OS. The molecule has 0 fully saturated rings. The minimum Gasteiger partial charge on any atom is -0.431 e. The van der Waals surface area contributed by atoms with Gasteiger partial charge in [0, 0.05) is 24.5 Å². The van der Waals surface area contributed by atoms with Crippen molar-refractivity contribution in [2.75, 3.05) is 13.6 Å². The van der Waals surface area contributed by atoms with Gasteiger partial charge in [0.25, 0.3) is 5.19 Å². The van der Waals surface area contributed by atoms with Crippen LogP contribution < -0.4 is 4.74 Å². The van der Waals surface area contributed by atoms with Crippen LogP contribution in [0.4, 0.5) is 5.69 Å². The minimum absolute atomic E-state index is 0.647. The molecule has 0 unspecified atom stereocenters. The zero-order chi connectivity index (χ0) is 18.5. The van der Waals surface area contributed by atoms with Gasteiger partial charge in [-0.05, 0) is 44.0 Å². The molecule has 134 valence electrons. The lowest BCUT2D eigenvalue weighted by Gasteiger charge is -2.11. The first-order valence-corrected chi connectivity index (χ1v) is 9.49. The molecule has 0 saturated carbocycles. The highest BCUT2D eigenvalue weighted by molar-refractivity contribution is 7.11. The number of thiazole rings is 1. The predicted molar refractivity (Wildman–Crippen MR) is 110 cm³/mol. The van der Waals surface area contributed by atoms with Crippen molar-refractivity contribution in [1.29, 1.82) is 0 Å². The lowest BCUT2D eigenvalue weighted by molar-refractivity contribution is 0.475. The second-order valence-corrected chi connectivity index (χ2v) is 7.01. The number of benzene rings is 2. The Morgan fingerprint density at radius 1 is 1.15 bits per heavy atom. The average molecular weight is 366 g/mol. The lowest BCUT2D eigenvalue weighted by Crippen LogP contribution is -2.14. The predicted octanol–water partition coefficient (Wildman–Crippen LogP) is 5.83. The summed E-state index contributed by atoms with van der Waals surface area (Å²) < 4.78 is 6.04. The smallest absolute Gasteiger partial charge is 0.279 e.